The zero-order chi connectivity index (χ0) is 25.3. The van der Waals surface area contributed by atoms with Crippen molar-refractivity contribution in [3.63, 3.8) is 0 Å². The van der Waals surface area contributed by atoms with Gasteiger partial charge in [-0.25, -0.2) is 25.4 Å². The Bertz CT molecular complexity index is 1100. The monoisotopic (exact) mass is 496 g/mol. The number of sulfonamides is 2. The van der Waals surface area contributed by atoms with Gasteiger partial charge in [-0.3, -0.25) is 0 Å². The van der Waals surface area contributed by atoms with Crippen LogP contribution in [0.2, 0.25) is 0 Å². The summed E-state index contributed by atoms with van der Waals surface area (Å²) in [6.07, 6.45) is 0. The summed E-state index contributed by atoms with van der Waals surface area (Å²) < 4.78 is 55.5. The number of aliphatic hydroxyl groups excluding tert-OH is 1. The van der Waals surface area contributed by atoms with Gasteiger partial charge < -0.3 is 5.11 Å². The molecule has 0 fully saturated rings. The third kappa shape index (κ3) is 5.84. The maximum absolute atomic E-state index is 13.3. The van der Waals surface area contributed by atoms with Crippen LogP contribution in [0, 0.1) is 47.5 Å². The molecule has 0 spiro atoms. The highest BCUT2D eigenvalue weighted by Crippen LogP contribution is 2.27. The first kappa shape index (κ1) is 27.5. The maximum atomic E-state index is 13.3. The van der Waals surface area contributed by atoms with Crippen LogP contribution in [0.1, 0.15) is 33.4 Å². The summed E-state index contributed by atoms with van der Waals surface area (Å²) in [7, 11) is -4.70. The van der Waals surface area contributed by atoms with Crippen LogP contribution in [-0.4, -0.2) is 64.3 Å². The molecule has 9 heteroatoms. The van der Waals surface area contributed by atoms with Crippen LogP contribution in [0.3, 0.4) is 0 Å². The van der Waals surface area contributed by atoms with Crippen LogP contribution in [0.15, 0.2) is 34.1 Å². The topological polar surface area (TPSA) is 95.0 Å². The predicted octanol–water partition coefficient (Wildman–Crippen LogP) is 3.09. The summed E-state index contributed by atoms with van der Waals surface area (Å²) in [4.78, 5) is 0.498. The lowest BCUT2D eigenvalue weighted by Gasteiger charge is -2.28. The molecule has 0 atom stereocenters. The first-order valence-electron chi connectivity index (χ1n) is 10.8. The highest BCUT2D eigenvalue weighted by molar-refractivity contribution is 7.89. The Morgan fingerprint density at radius 2 is 0.939 bits per heavy atom. The van der Waals surface area contributed by atoms with Gasteiger partial charge >= 0.3 is 0 Å². The Labute approximate surface area is 199 Å². The van der Waals surface area contributed by atoms with E-state index in [0.717, 1.165) is 11.1 Å². The quantitative estimate of drug-likeness (QED) is 0.576. The molecule has 2 aromatic carbocycles. The summed E-state index contributed by atoms with van der Waals surface area (Å²) >= 11 is 0. The molecule has 0 heterocycles. The van der Waals surface area contributed by atoms with E-state index in [0.29, 0.717) is 22.3 Å². The van der Waals surface area contributed by atoms with Crippen molar-refractivity contribution < 1.29 is 21.9 Å². The first-order chi connectivity index (χ1) is 15.1. The molecule has 0 radical (unpaired) electrons. The van der Waals surface area contributed by atoms with E-state index in [-0.39, 0.29) is 29.5 Å². The minimum absolute atomic E-state index is 0.0166. The van der Waals surface area contributed by atoms with Crippen molar-refractivity contribution in [1.82, 2.24) is 8.61 Å². The second-order valence-corrected chi connectivity index (χ2v) is 13.0. The van der Waals surface area contributed by atoms with E-state index in [1.807, 2.05) is 38.1 Å². The van der Waals surface area contributed by atoms with E-state index < -0.39 is 26.0 Å². The van der Waals surface area contributed by atoms with Crippen molar-refractivity contribution in [2.75, 3.05) is 33.8 Å². The zero-order valence-corrected chi connectivity index (χ0v) is 22.4. The molecular formula is C24H36N2O5S2. The minimum atomic E-state index is -3.81. The summed E-state index contributed by atoms with van der Waals surface area (Å²) in [5.74, 6) is -0.596. The fourth-order valence-electron chi connectivity index (χ4n) is 4.56. The van der Waals surface area contributed by atoms with E-state index in [2.05, 4.69) is 0 Å². The van der Waals surface area contributed by atoms with Crippen molar-refractivity contribution in [2.45, 2.75) is 51.3 Å². The van der Waals surface area contributed by atoms with Gasteiger partial charge in [0.15, 0.2) is 0 Å². The number of benzene rings is 2. The Kier molecular flexibility index (Phi) is 8.51. The molecule has 0 aliphatic rings. The second kappa shape index (κ2) is 10.2. The molecule has 7 nitrogen and oxygen atoms in total. The molecule has 0 amide bonds. The molecule has 33 heavy (non-hydrogen) atoms. The van der Waals surface area contributed by atoms with Gasteiger partial charge in [0.2, 0.25) is 20.0 Å². The van der Waals surface area contributed by atoms with E-state index in [1.165, 1.54) is 22.7 Å². The predicted molar refractivity (Wildman–Crippen MR) is 132 cm³/mol. The van der Waals surface area contributed by atoms with E-state index in [1.54, 1.807) is 27.7 Å². The highest BCUT2D eigenvalue weighted by atomic mass is 32.2. The standard InChI is InChI=1S/C24H36N2O5S2/c1-16-9-18(3)23(19(4)10-16)32(28,29)25(7)13-22(15-27)14-26(8)33(30,31)24-20(5)11-17(2)12-21(24)6/h9-12,22,27H,13-15H2,1-8H3. The number of aryl methyl sites for hydroxylation is 6. The molecular weight excluding hydrogens is 460 g/mol. The van der Waals surface area contributed by atoms with E-state index >= 15 is 0 Å². The Balaban J connectivity index is 2.28. The average Bonchev–Trinajstić information content (AvgIpc) is 2.64. The zero-order valence-electron chi connectivity index (χ0n) is 20.8. The van der Waals surface area contributed by atoms with Crippen LogP contribution < -0.4 is 0 Å². The molecule has 2 aromatic rings. The molecule has 2 rings (SSSR count). The van der Waals surface area contributed by atoms with E-state index in [9.17, 15) is 21.9 Å². The highest BCUT2D eigenvalue weighted by Gasteiger charge is 2.30. The Hall–Kier alpha value is -1.78. The number of nitrogens with zero attached hydrogens (tertiary/aromatic N) is 2. The fourth-order valence-corrected chi connectivity index (χ4v) is 7.86. The average molecular weight is 497 g/mol. The van der Waals surface area contributed by atoms with Crippen molar-refractivity contribution in [3.05, 3.63) is 57.6 Å². The summed E-state index contributed by atoms with van der Waals surface area (Å²) in [5, 5.41) is 9.94. The lowest BCUT2D eigenvalue weighted by atomic mass is 10.1. The lowest BCUT2D eigenvalue weighted by molar-refractivity contribution is 0.190. The van der Waals surface area contributed by atoms with Gasteiger partial charge in [0, 0.05) is 39.7 Å². The van der Waals surface area contributed by atoms with Crippen molar-refractivity contribution in [1.29, 1.82) is 0 Å². The van der Waals surface area contributed by atoms with Gasteiger partial charge in [-0.05, 0) is 63.8 Å². The van der Waals surface area contributed by atoms with Crippen LogP contribution in [-0.2, 0) is 20.0 Å². The summed E-state index contributed by atoms with van der Waals surface area (Å²) in [5.41, 5.74) is 4.59. The van der Waals surface area contributed by atoms with Gasteiger partial charge in [-0.15, -0.1) is 0 Å². The van der Waals surface area contributed by atoms with E-state index in [4.69, 9.17) is 0 Å². The van der Waals surface area contributed by atoms with Crippen molar-refractivity contribution in [2.24, 2.45) is 5.92 Å². The van der Waals surface area contributed by atoms with Crippen molar-refractivity contribution in [3.8, 4) is 0 Å². The van der Waals surface area contributed by atoms with Crippen LogP contribution in [0.4, 0.5) is 0 Å². The molecule has 1 N–H and O–H groups in total. The van der Waals surface area contributed by atoms with Crippen molar-refractivity contribution >= 4 is 20.0 Å². The Morgan fingerprint density at radius 1 is 0.667 bits per heavy atom. The summed E-state index contributed by atoms with van der Waals surface area (Å²) in [6, 6.07) is 7.29. The molecule has 0 aliphatic heterocycles. The normalized spacial score (nSPS) is 12.8. The lowest BCUT2D eigenvalue weighted by Crippen LogP contribution is -2.40. The van der Waals surface area contributed by atoms with Gasteiger partial charge in [0.05, 0.1) is 9.79 Å². The van der Waals surface area contributed by atoms with Gasteiger partial charge in [-0.1, -0.05) is 35.4 Å². The van der Waals surface area contributed by atoms with Crippen LogP contribution >= 0.6 is 0 Å². The molecule has 0 saturated carbocycles. The molecule has 0 unspecified atom stereocenters. The second-order valence-electron chi connectivity index (χ2n) is 9.08. The summed E-state index contributed by atoms with van der Waals surface area (Å²) in [6.45, 7) is 10.5. The maximum Gasteiger partial charge on any atom is 0.243 e. The number of rotatable bonds is 9. The van der Waals surface area contributed by atoms with Gasteiger partial charge in [-0.2, -0.15) is 0 Å². The number of aliphatic hydroxyl groups is 1. The molecule has 0 aromatic heterocycles. The fraction of sp³-hybridized carbons (Fsp3) is 0.500. The molecule has 0 saturated heterocycles. The third-order valence-electron chi connectivity index (χ3n) is 5.83. The van der Waals surface area contributed by atoms with Gasteiger partial charge in [0.1, 0.15) is 0 Å². The Morgan fingerprint density at radius 3 is 1.18 bits per heavy atom. The van der Waals surface area contributed by atoms with Crippen LogP contribution in [0.25, 0.3) is 0 Å². The minimum Gasteiger partial charge on any atom is -0.396 e. The first-order valence-corrected chi connectivity index (χ1v) is 13.7. The number of hydrogen-bond donors (Lipinski definition) is 1. The smallest absolute Gasteiger partial charge is 0.243 e. The molecule has 0 bridgehead atoms. The molecule has 184 valence electrons. The SMILES string of the molecule is Cc1cc(C)c(S(=O)(=O)N(C)CC(CO)CN(C)S(=O)(=O)c2c(C)cc(C)cc2C)c(C)c1. The number of hydrogen-bond acceptors (Lipinski definition) is 5. The van der Waals surface area contributed by atoms with Gasteiger partial charge in [0.25, 0.3) is 0 Å². The molecule has 0 aliphatic carbocycles. The largest absolute Gasteiger partial charge is 0.396 e. The third-order valence-corrected chi connectivity index (χ3v) is 10.1. The van der Waals surface area contributed by atoms with Crippen LogP contribution in [0.5, 0.6) is 0 Å².